The van der Waals surface area contributed by atoms with Crippen LogP contribution in [-0.2, 0) is 16.0 Å². The second-order valence-corrected chi connectivity index (χ2v) is 11.2. The van der Waals surface area contributed by atoms with E-state index in [2.05, 4.69) is 5.32 Å². The molecule has 0 spiro atoms. The molecule has 12 nitrogen and oxygen atoms in total. The second kappa shape index (κ2) is 10.1. The van der Waals surface area contributed by atoms with Crippen LogP contribution >= 0.6 is 11.6 Å². The van der Waals surface area contributed by atoms with E-state index in [0.717, 1.165) is 0 Å². The number of hydrogen-bond acceptors (Lipinski definition) is 10. The van der Waals surface area contributed by atoms with Crippen LogP contribution in [0.2, 0.25) is 5.02 Å². The van der Waals surface area contributed by atoms with Crippen molar-refractivity contribution >= 4 is 46.5 Å². The predicted octanol–water partition coefficient (Wildman–Crippen LogP) is 2.08. The van der Waals surface area contributed by atoms with Crippen molar-refractivity contribution in [2.45, 2.75) is 31.0 Å². The fraction of sp³-hybridized carbons (Fsp3) is 0.357. The standard InChI is InChI=1S/C28H28ClN3O9/c1-32(2)17-10-16(31-27(39)41-14-5-3-13(29)4-6-14)22(34)20-15(17)8-11-7-12-9-18(33)21(26(30)38)25(37)28(12,40)24(36)19(11)23(20)35/h3-6,10-12,18,21,33-34,36,40H,7-9H2,1-2H3,(H2,30,38)(H,31,39)/t11-,12+,18?,21?,28+/m1/s1. The van der Waals surface area contributed by atoms with Gasteiger partial charge in [0.05, 0.1) is 17.4 Å². The first-order valence-electron chi connectivity index (χ1n) is 12.8. The Kier molecular flexibility index (Phi) is 6.96. The van der Waals surface area contributed by atoms with Gasteiger partial charge in [0.25, 0.3) is 0 Å². The van der Waals surface area contributed by atoms with Gasteiger partial charge in [-0.15, -0.1) is 0 Å². The monoisotopic (exact) mass is 585 g/mol. The molecule has 41 heavy (non-hydrogen) atoms. The molecule has 3 aliphatic carbocycles. The van der Waals surface area contributed by atoms with E-state index in [1.54, 1.807) is 19.0 Å². The molecular formula is C28H28ClN3O9. The lowest BCUT2D eigenvalue weighted by atomic mass is 9.58. The highest BCUT2D eigenvalue weighted by Crippen LogP contribution is 2.53. The highest BCUT2D eigenvalue weighted by molar-refractivity contribution is 6.30. The number of phenolic OH excluding ortho intramolecular Hbond substituents is 1. The lowest BCUT2D eigenvalue weighted by Gasteiger charge is -2.48. The third kappa shape index (κ3) is 4.48. The molecule has 0 radical (unpaired) electrons. The number of allylic oxidation sites excluding steroid dienone is 1. The fourth-order valence-corrected chi connectivity index (χ4v) is 6.34. The van der Waals surface area contributed by atoms with Gasteiger partial charge < -0.3 is 35.8 Å². The molecule has 2 aromatic carbocycles. The lowest BCUT2D eigenvalue weighted by Crippen LogP contribution is -2.63. The number of benzene rings is 2. The van der Waals surface area contributed by atoms with Gasteiger partial charge in [0.1, 0.15) is 17.4 Å². The number of aromatic hydroxyl groups is 1. The van der Waals surface area contributed by atoms with E-state index in [-0.39, 0.29) is 41.8 Å². The number of carbonyl (C=O) groups excluding carboxylic acids is 4. The zero-order chi connectivity index (χ0) is 30.0. The topological polar surface area (TPSA) is 200 Å². The number of fused-ring (bicyclic) bond motifs is 3. The van der Waals surface area contributed by atoms with Crippen molar-refractivity contribution in [3.63, 3.8) is 0 Å². The van der Waals surface area contributed by atoms with Gasteiger partial charge in [0.2, 0.25) is 5.91 Å². The van der Waals surface area contributed by atoms with Crippen LogP contribution in [0.3, 0.4) is 0 Å². The molecule has 0 heterocycles. The van der Waals surface area contributed by atoms with E-state index < -0.39 is 64.5 Å². The number of nitrogens with zero attached hydrogens (tertiary/aromatic N) is 1. The molecule has 0 saturated heterocycles. The summed E-state index contributed by atoms with van der Waals surface area (Å²) in [5, 5.41) is 47.1. The third-order valence-electron chi connectivity index (χ3n) is 8.11. The Balaban J connectivity index is 1.57. The highest BCUT2D eigenvalue weighted by atomic mass is 35.5. The van der Waals surface area contributed by atoms with E-state index in [9.17, 15) is 39.6 Å². The largest absolute Gasteiger partial charge is 0.508 e. The molecule has 2 unspecified atom stereocenters. The zero-order valence-corrected chi connectivity index (χ0v) is 22.8. The van der Waals surface area contributed by atoms with Gasteiger partial charge >= 0.3 is 6.09 Å². The summed E-state index contributed by atoms with van der Waals surface area (Å²) in [6.45, 7) is 0. The maximum absolute atomic E-state index is 13.9. The van der Waals surface area contributed by atoms with E-state index >= 15 is 0 Å². The van der Waals surface area contributed by atoms with Gasteiger partial charge in [0.15, 0.2) is 22.9 Å². The molecule has 0 aromatic heterocycles. The Morgan fingerprint density at radius 1 is 1.15 bits per heavy atom. The number of ether oxygens (including phenoxy) is 1. The molecule has 0 bridgehead atoms. The molecule has 3 aliphatic rings. The number of ketones is 2. The van der Waals surface area contributed by atoms with Crippen LogP contribution in [0.4, 0.5) is 16.2 Å². The molecule has 5 atom stereocenters. The van der Waals surface area contributed by atoms with Crippen LogP contribution in [-0.4, -0.2) is 69.8 Å². The summed E-state index contributed by atoms with van der Waals surface area (Å²) in [7, 11) is 3.41. The Morgan fingerprint density at radius 2 is 1.80 bits per heavy atom. The van der Waals surface area contributed by atoms with Crippen molar-refractivity contribution in [3.8, 4) is 11.5 Å². The number of aliphatic hydroxyl groups is 3. The number of anilines is 2. The van der Waals surface area contributed by atoms with Gasteiger partial charge in [-0.05, 0) is 61.1 Å². The van der Waals surface area contributed by atoms with Crippen LogP contribution in [0, 0.1) is 17.8 Å². The highest BCUT2D eigenvalue weighted by Gasteiger charge is 2.62. The number of hydrogen-bond donors (Lipinski definition) is 6. The average Bonchev–Trinajstić information content (AvgIpc) is 2.88. The molecule has 216 valence electrons. The summed E-state index contributed by atoms with van der Waals surface area (Å²) < 4.78 is 5.23. The van der Waals surface area contributed by atoms with Crippen molar-refractivity contribution in [1.29, 1.82) is 0 Å². The third-order valence-corrected chi connectivity index (χ3v) is 8.36. The number of carbonyl (C=O) groups is 4. The number of rotatable bonds is 4. The van der Waals surface area contributed by atoms with Crippen molar-refractivity contribution in [1.82, 2.24) is 0 Å². The Morgan fingerprint density at radius 3 is 2.41 bits per heavy atom. The minimum Gasteiger partial charge on any atom is -0.508 e. The smallest absolute Gasteiger partial charge is 0.417 e. The summed E-state index contributed by atoms with van der Waals surface area (Å²) in [6.07, 6.45) is -2.44. The van der Waals surface area contributed by atoms with Gasteiger partial charge in [0, 0.05) is 36.3 Å². The maximum Gasteiger partial charge on any atom is 0.417 e. The maximum atomic E-state index is 13.9. The fourth-order valence-electron chi connectivity index (χ4n) is 6.21. The van der Waals surface area contributed by atoms with Crippen LogP contribution in [0.15, 0.2) is 41.7 Å². The number of primary amides is 1. The summed E-state index contributed by atoms with van der Waals surface area (Å²) in [4.78, 5) is 53.3. The summed E-state index contributed by atoms with van der Waals surface area (Å²) >= 11 is 5.85. The number of nitrogens with one attached hydrogen (secondary N) is 1. The van der Waals surface area contributed by atoms with E-state index in [0.29, 0.717) is 16.3 Å². The average molecular weight is 586 g/mol. The van der Waals surface area contributed by atoms with E-state index in [4.69, 9.17) is 22.1 Å². The first kappa shape index (κ1) is 28.4. The zero-order valence-electron chi connectivity index (χ0n) is 22.1. The second-order valence-electron chi connectivity index (χ2n) is 10.7. The van der Waals surface area contributed by atoms with Crippen LogP contribution in [0.25, 0.3) is 0 Å². The number of aliphatic hydroxyl groups excluding tert-OH is 2. The molecule has 2 aromatic rings. The molecule has 2 amide bonds. The van der Waals surface area contributed by atoms with Crippen molar-refractivity contribution in [2.24, 2.45) is 23.5 Å². The number of nitrogens with two attached hydrogens (primary N) is 1. The van der Waals surface area contributed by atoms with Gasteiger partial charge in [-0.3, -0.25) is 19.7 Å². The lowest BCUT2D eigenvalue weighted by molar-refractivity contribution is -0.167. The van der Waals surface area contributed by atoms with Crippen molar-refractivity contribution < 1.29 is 44.3 Å². The number of halogens is 1. The molecule has 0 aliphatic heterocycles. The van der Waals surface area contributed by atoms with Crippen LogP contribution in [0.1, 0.15) is 28.8 Å². The first-order chi connectivity index (χ1) is 19.2. The Bertz CT molecular complexity index is 1520. The summed E-state index contributed by atoms with van der Waals surface area (Å²) in [5.41, 5.74) is 2.92. The number of amides is 2. The number of Topliss-reactive ketones (excluding diaryl/α,β-unsaturated/α-hetero) is 2. The molecule has 13 heteroatoms. The van der Waals surface area contributed by atoms with Crippen LogP contribution in [0.5, 0.6) is 11.5 Å². The van der Waals surface area contributed by atoms with E-state index in [1.807, 2.05) is 0 Å². The quantitative estimate of drug-likeness (QED) is 0.228. The van der Waals surface area contributed by atoms with Crippen molar-refractivity contribution in [3.05, 3.63) is 57.8 Å². The molecule has 5 rings (SSSR count). The first-order valence-corrected chi connectivity index (χ1v) is 13.2. The SMILES string of the molecule is CN(C)c1cc(NC(=O)Oc2ccc(Cl)cc2)c(O)c2c1C[C@H]1C[C@H]3CC(O)C(C(N)=O)C(=O)[C@@]3(O)C(O)=C1C2=O. The van der Waals surface area contributed by atoms with Gasteiger partial charge in [-0.25, -0.2) is 4.79 Å². The Labute approximate surface area is 239 Å². The molecule has 1 fully saturated rings. The van der Waals surface area contributed by atoms with Crippen molar-refractivity contribution in [2.75, 3.05) is 24.3 Å². The van der Waals surface area contributed by atoms with Gasteiger partial charge in [-0.2, -0.15) is 0 Å². The minimum absolute atomic E-state index is 0.0381. The normalized spacial score (nSPS) is 27.0. The predicted molar refractivity (Wildman–Crippen MR) is 146 cm³/mol. The summed E-state index contributed by atoms with van der Waals surface area (Å²) in [5.74, 6) is -7.98. The molecule has 7 N–H and O–H groups in total. The Hall–Kier alpha value is -4.13. The minimum atomic E-state index is -2.61. The van der Waals surface area contributed by atoms with Crippen LogP contribution < -0.4 is 20.7 Å². The van der Waals surface area contributed by atoms with Gasteiger partial charge in [-0.1, -0.05) is 11.6 Å². The molecular weight excluding hydrogens is 558 g/mol. The summed E-state index contributed by atoms with van der Waals surface area (Å²) in [6, 6.07) is 7.45. The number of phenols is 1. The molecule has 1 saturated carbocycles. The van der Waals surface area contributed by atoms with E-state index in [1.165, 1.54) is 30.3 Å².